The molecule has 1 N–H and O–H groups in total. The SMILES string of the molecule is CC(CNS(=O)(=O)c1sccc1Br)S(C)=O. The molecule has 1 heterocycles. The first-order valence-corrected chi connectivity index (χ1v) is 9.17. The first kappa shape index (κ1) is 14.3. The maximum absolute atomic E-state index is 11.8. The summed E-state index contributed by atoms with van der Waals surface area (Å²) in [5.41, 5.74) is 0. The van der Waals surface area contributed by atoms with E-state index in [1.165, 1.54) is 0 Å². The van der Waals surface area contributed by atoms with Gasteiger partial charge >= 0.3 is 0 Å². The van der Waals surface area contributed by atoms with Crippen LogP contribution < -0.4 is 4.72 Å². The zero-order valence-corrected chi connectivity index (χ0v) is 12.8. The van der Waals surface area contributed by atoms with Gasteiger partial charge in [0.05, 0.1) is 0 Å². The molecule has 8 heteroatoms. The van der Waals surface area contributed by atoms with E-state index in [1.807, 2.05) is 0 Å². The van der Waals surface area contributed by atoms with Crippen LogP contribution in [0.4, 0.5) is 0 Å². The number of sulfonamides is 1. The summed E-state index contributed by atoms with van der Waals surface area (Å²) in [6.07, 6.45) is 1.56. The average Bonchev–Trinajstić information content (AvgIpc) is 2.61. The maximum Gasteiger partial charge on any atom is 0.251 e. The summed E-state index contributed by atoms with van der Waals surface area (Å²) in [5, 5.41) is 1.49. The van der Waals surface area contributed by atoms with E-state index in [0.29, 0.717) is 4.47 Å². The Bertz CT molecular complexity index is 482. The molecule has 0 aliphatic carbocycles. The molecule has 0 amide bonds. The standard InChI is InChI=1S/C8H12BrNO3S3/c1-6(15(2)11)5-10-16(12,13)8-7(9)3-4-14-8/h3-4,6,10H,5H2,1-2H3. The highest BCUT2D eigenvalue weighted by molar-refractivity contribution is 9.10. The molecule has 4 nitrogen and oxygen atoms in total. The lowest BCUT2D eigenvalue weighted by atomic mass is 10.5. The third-order valence-electron chi connectivity index (χ3n) is 1.96. The fourth-order valence-electron chi connectivity index (χ4n) is 0.882. The molecule has 0 bridgehead atoms. The van der Waals surface area contributed by atoms with Gasteiger partial charge in [-0.3, -0.25) is 4.21 Å². The molecule has 16 heavy (non-hydrogen) atoms. The number of rotatable bonds is 5. The molecule has 2 unspecified atom stereocenters. The van der Waals surface area contributed by atoms with E-state index in [0.717, 1.165) is 11.3 Å². The Hall–Kier alpha value is 0.240. The highest BCUT2D eigenvalue weighted by Gasteiger charge is 2.20. The van der Waals surface area contributed by atoms with Crippen molar-refractivity contribution in [2.45, 2.75) is 16.4 Å². The number of halogens is 1. The predicted molar refractivity (Wildman–Crippen MR) is 70.7 cm³/mol. The Morgan fingerprint density at radius 3 is 2.69 bits per heavy atom. The van der Waals surface area contributed by atoms with Crippen molar-refractivity contribution in [3.05, 3.63) is 15.9 Å². The monoisotopic (exact) mass is 345 g/mol. The summed E-state index contributed by atoms with van der Waals surface area (Å²) in [4.78, 5) is 0. The summed E-state index contributed by atoms with van der Waals surface area (Å²) in [5.74, 6) is 0. The van der Waals surface area contributed by atoms with Crippen LogP contribution in [0.3, 0.4) is 0 Å². The third-order valence-corrected chi connectivity index (χ3v) is 7.35. The molecule has 1 aromatic rings. The van der Waals surface area contributed by atoms with Crippen LogP contribution in [0.15, 0.2) is 20.1 Å². The molecular weight excluding hydrogens is 334 g/mol. The lowest BCUT2D eigenvalue weighted by Crippen LogP contribution is -2.32. The summed E-state index contributed by atoms with van der Waals surface area (Å²) >= 11 is 4.31. The number of nitrogens with one attached hydrogen (secondary N) is 1. The molecule has 1 rings (SSSR count). The predicted octanol–water partition coefficient (Wildman–Crippen LogP) is 1.56. The van der Waals surface area contributed by atoms with Crippen molar-refractivity contribution in [1.82, 2.24) is 4.72 Å². The molecule has 0 aromatic carbocycles. The molecule has 0 saturated heterocycles. The number of hydrogen-bond acceptors (Lipinski definition) is 4. The van der Waals surface area contributed by atoms with E-state index in [2.05, 4.69) is 20.7 Å². The second-order valence-corrected chi connectivity index (χ2v) is 8.75. The van der Waals surface area contributed by atoms with Crippen molar-refractivity contribution < 1.29 is 12.6 Å². The smallest absolute Gasteiger partial charge is 0.251 e. The van der Waals surface area contributed by atoms with Crippen molar-refractivity contribution in [3.63, 3.8) is 0 Å². The fourth-order valence-corrected chi connectivity index (χ4v) is 4.82. The third kappa shape index (κ3) is 3.63. The Balaban J connectivity index is 2.75. The molecule has 0 spiro atoms. The molecule has 0 aliphatic rings. The largest absolute Gasteiger partial charge is 0.260 e. The van der Waals surface area contributed by atoms with Crippen LogP contribution in [0, 0.1) is 0 Å². The Morgan fingerprint density at radius 2 is 2.25 bits per heavy atom. The van der Waals surface area contributed by atoms with Crippen molar-refractivity contribution in [2.24, 2.45) is 0 Å². The van der Waals surface area contributed by atoms with Gasteiger partial charge in [0.15, 0.2) is 0 Å². The van der Waals surface area contributed by atoms with E-state index in [9.17, 15) is 12.6 Å². The van der Waals surface area contributed by atoms with Crippen LogP contribution in [-0.2, 0) is 20.8 Å². The fraction of sp³-hybridized carbons (Fsp3) is 0.500. The Kier molecular flexibility index (Phi) is 5.11. The minimum absolute atomic E-state index is 0.176. The molecule has 0 saturated carbocycles. The van der Waals surface area contributed by atoms with E-state index in [4.69, 9.17) is 0 Å². The van der Waals surface area contributed by atoms with E-state index >= 15 is 0 Å². The summed E-state index contributed by atoms with van der Waals surface area (Å²) < 4.78 is 38.0. The quantitative estimate of drug-likeness (QED) is 0.880. The zero-order valence-electron chi connectivity index (χ0n) is 8.77. The van der Waals surface area contributed by atoms with Gasteiger partial charge in [0.1, 0.15) is 4.21 Å². The van der Waals surface area contributed by atoms with Gasteiger partial charge in [-0.1, -0.05) is 0 Å². The van der Waals surface area contributed by atoms with Gasteiger partial charge in [-0.25, -0.2) is 13.1 Å². The lowest BCUT2D eigenvalue weighted by molar-refractivity contribution is 0.582. The topological polar surface area (TPSA) is 63.2 Å². The van der Waals surface area contributed by atoms with Crippen molar-refractivity contribution in [3.8, 4) is 0 Å². The molecule has 0 fully saturated rings. The summed E-state index contributed by atoms with van der Waals surface area (Å²) in [6, 6.07) is 1.68. The van der Waals surface area contributed by atoms with Crippen molar-refractivity contribution in [1.29, 1.82) is 0 Å². The normalized spacial score (nSPS) is 15.9. The molecule has 92 valence electrons. The van der Waals surface area contributed by atoms with Gasteiger partial charge in [-0.2, -0.15) is 0 Å². The van der Waals surface area contributed by atoms with Crippen LogP contribution in [0.25, 0.3) is 0 Å². The Morgan fingerprint density at radius 1 is 1.62 bits per heavy atom. The second-order valence-electron chi connectivity index (χ2n) is 3.22. The minimum Gasteiger partial charge on any atom is -0.260 e. The van der Waals surface area contributed by atoms with Gasteiger partial charge in [0, 0.05) is 33.3 Å². The zero-order chi connectivity index (χ0) is 12.3. The average molecular weight is 346 g/mol. The first-order chi connectivity index (χ1) is 7.34. The first-order valence-electron chi connectivity index (χ1n) is 4.39. The van der Waals surface area contributed by atoms with Crippen LogP contribution in [0.5, 0.6) is 0 Å². The molecular formula is C8H12BrNO3S3. The number of thiophene rings is 1. The van der Waals surface area contributed by atoms with Crippen LogP contribution in [0.2, 0.25) is 0 Å². The Labute approximate surface area is 110 Å². The van der Waals surface area contributed by atoms with Gasteiger partial charge in [0.25, 0.3) is 10.0 Å². The van der Waals surface area contributed by atoms with Gasteiger partial charge < -0.3 is 0 Å². The molecule has 2 atom stereocenters. The van der Waals surface area contributed by atoms with Gasteiger partial charge in [-0.15, -0.1) is 11.3 Å². The summed E-state index contributed by atoms with van der Waals surface area (Å²) in [6.45, 7) is 1.91. The maximum atomic E-state index is 11.8. The highest BCUT2D eigenvalue weighted by Crippen LogP contribution is 2.27. The van der Waals surface area contributed by atoms with Crippen LogP contribution in [-0.4, -0.2) is 30.7 Å². The van der Waals surface area contributed by atoms with E-state index < -0.39 is 20.8 Å². The van der Waals surface area contributed by atoms with E-state index in [-0.39, 0.29) is 16.0 Å². The molecule has 0 aliphatic heterocycles. The number of hydrogen-bond donors (Lipinski definition) is 1. The van der Waals surface area contributed by atoms with E-state index in [1.54, 1.807) is 24.6 Å². The molecule has 1 aromatic heterocycles. The van der Waals surface area contributed by atoms with Crippen molar-refractivity contribution >= 4 is 48.1 Å². The van der Waals surface area contributed by atoms with Gasteiger partial charge in [0.2, 0.25) is 0 Å². The van der Waals surface area contributed by atoms with Gasteiger partial charge in [-0.05, 0) is 34.3 Å². The minimum atomic E-state index is -3.49. The van der Waals surface area contributed by atoms with Crippen molar-refractivity contribution in [2.75, 3.05) is 12.8 Å². The highest BCUT2D eigenvalue weighted by atomic mass is 79.9. The summed E-state index contributed by atoms with van der Waals surface area (Å²) in [7, 11) is -4.52. The molecule has 0 radical (unpaired) electrons. The second kappa shape index (κ2) is 5.72. The van der Waals surface area contributed by atoms with Crippen LogP contribution in [0.1, 0.15) is 6.92 Å². The van der Waals surface area contributed by atoms with Crippen LogP contribution >= 0.6 is 27.3 Å². The lowest BCUT2D eigenvalue weighted by Gasteiger charge is -2.09.